The number of ether oxygens (including phenoxy) is 2. The van der Waals surface area contributed by atoms with Crippen LogP contribution >= 0.6 is 0 Å². The molecule has 6 atom stereocenters. The highest BCUT2D eigenvalue weighted by atomic mass is 16.5. The van der Waals surface area contributed by atoms with E-state index in [1.807, 2.05) is 18.2 Å². The first kappa shape index (κ1) is 37.1. The standard InChI is InChI=1S/C33H49N7O8/c41-18-23(42)30-26(28(45)29(46)33(48-30)40-32-27-31(36-20-35-27)37-21-38-32)39-25(44)17-34-24(43)15-11-6-4-2-1-3-5-7-12-16-47-19-22-13-9-8-10-14-22/h8-10,13-14,20-21,23,26,28-30,33,41-42,45-46H,1-7,11-12,15-19H2,(H,34,43)(H,39,44)(H2,35,36,37,38,40)/t23-,26+,28+,29+,30-,33-/m0/s1. The SMILES string of the molecule is O=C(CCCCCCCCCCCOCc1ccccc1)NCC(=O)N[C@@H]1[C@@H](O)[C@@H](O)[C@@H](Nc2ncnc3nc[nH]c23)O[C@H]1[C@@H](O)CO. The van der Waals surface area contributed by atoms with Gasteiger partial charge in [-0.05, 0) is 18.4 Å². The van der Waals surface area contributed by atoms with Gasteiger partial charge in [0.2, 0.25) is 11.8 Å². The fourth-order valence-electron chi connectivity index (χ4n) is 5.65. The van der Waals surface area contributed by atoms with Crippen molar-refractivity contribution in [3.05, 3.63) is 48.5 Å². The number of H-pyrrole nitrogens is 1. The number of rotatable bonds is 21. The van der Waals surface area contributed by atoms with Gasteiger partial charge < -0.3 is 50.8 Å². The molecule has 4 rings (SSSR count). The Morgan fingerprint density at radius 1 is 0.917 bits per heavy atom. The molecule has 3 aromatic rings. The predicted octanol–water partition coefficient (Wildman–Crippen LogP) is 1.28. The summed E-state index contributed by atoms with van der Waals surface area (Å²) in [7, 11) is 0. The summed E-state index contributed by atoms with van der Waals surface area (Å²) in [5.74, 6) is -0.697. The molecule has 1 aliphatic rings. The van der Waals surface area contributed by atoms with Gasteiger partial charge in [-0.25, -0.2) is 15.0 Å². The van der Waals surface area contributed by atoms with E-state index in [2.05, 4.69) is 48.0 Å². The molecule has 0 saturated carbocycles. The summed E-state index contributed by atoms with van der Waals surface area (Å²) in [4.78, 5) is 40.0. The summed E-state index contributed by atoms with van der Waals surface area (Å²) in [6.45, 7) is 0.354. The van der Waals surface area contributed by atoms with Crippen LogP contribution in [0.4, 0.5) is 5.82 Å². The number of benzene rings is 1. The molecule has 3 heterocycles. The van der Waals surface area contributed by atoms with E-state index in [0.29, 0.717) is 24.2 Å². The zero-order valence-corrected chi connectivity index (χ0v) is 27.2. The Labute approximate surface area is 279 Å². The minimum absolute atomic E-state index is 0.225. The topological polar surface area (TPSA) is 224 Å². The van der Waals surface area contributed by atoms with Crippen molar-refractivity contribution in [2.24, 2.45) is 0 Å². The number of hydrogen-bond donors (Lipinski definition) is 8. The summed E-state index contributed by atoms with van der Waals surface area (Å²) in [5.41, 5.74) is 1.98. The first-order chi connectivity index (χ1) is 23.4. The van der Waals surface area contributed by atoms with Crippen molar-refractivity contribution in [2.45, 2.75) is 108 Å². The van der Waals surface area contributed by atoms with Gasteiger partial charge in [0.1, 0.15) is 36.3 Å². The third-order valence-corrected chi connectivity index (χ3v) is 8.33. The Hall–Kier alpha value is -3.73. The number of aliphatic hydroxyl groups excluding tert-OH is 4. The number of fused-ring (bicyclic) bond motifs is 1. The molecule has 1 fully saturated rings. The van der Waals surface area contributed by atoms with Gasteiger partial charge in [0, 0.05) is 13.0 Å². The molecule has 0 radical (unpaired) electrons. The highest BCUT2D eigenvalue weighted by Gasteiger charge is 2.48. The molecule has 15 nitrogen and oxygen atoms in total. The molecular weight excluding hydrogens is 622 g/mol. The van der Waals surface area contributed by atoms with Gasteiger partial charge in [-0.15, -0.1) is 0 Å². The third kappa shape index (κ3) is 11.5. The fourth-order valence-corrected chi connectivity index (χ4v) is 5.65. The van der Waals surface area contributed by atoms with Gasteiger partial charge in [0.25, 0.3) is 0 Å². The van der Waals surface area contributed by atoms with E-state index in [4.69, 9.17) is 9.47 Å². The molecule has 0 unspecified atom stereocenters. The molecule has 264 valence electrons. The minimum Gasteiger partial charge on any atom is -0.394 e. The summed E-state index contributed by atoms with van der Waals surface area (Å²) in [6, 6.07) is 8.89. The molecule has 2 amide bonds. The van der Waals surface area contributed by atoms with Crippen molar-refractivity contribution in [1.29, 1.82) is 0 Å². The Morgan fingerprint density at radius 3 is 2.35 bits per heavy atom. The van der Waals surface area contributed by atoms with Crippen LogP contribution in [0.5, 0.6) is 0 Å². The molecule has 1 aromatic carbocycles. The van der Waals surface area contributed by atoms with Crippen LogP contribution in [0, 0.1) is 0 Å². The van der Waals surface area contributed by atoms with Gasteiger partial charge in [-0.2, -0.15) is 0 Å². The fraction of sp³-hybridized carbons (Fsp3) is 0.606. The second kappa shape index (κ2) is 19.9. The lowest BCUT2D eigenvalue weighted by Crippen LogP contribution is -2.68. The van der Waals surface area contributed by atoms with Crippen LogP contribution in [0.15, 0.2) is 43.0 Å². The molecule has 0 bridgehead atoms. The maximum absolute atomic E-state index is 12.7. The molecule has 15 heteroatoms. The number of nitrogens with zero attached hydrogens (tertiary/aromatic N) is 3. The smallest absolute Gasteiger partial charge is 0.239 e. The van der Waals surface area contributed by atoms with Gasteiger partial charge in [0.05, 0.1) is 32.1 Å². The average Bonchev–Trinajstić information content (AvgIpc) is 3.59. The lowest BCUT2D eigenvalue weighted by Gasteiger charge is -2.44. The van der Waals surface area contributed by atoms with Gasteiger partial charge in [-0.1, -0.05) is 75.3 Å². The Bertz CT molecular complexity index is 1380. The molecule has 2 aromatic heterocycles. The van der Waals surface area contributed by atoms with Crippen molar-refractivity contribution in [3.63, 3.8) is 0 Å². The van der Waals surface area contributed by atoms with Crippen LogP contribution in [-0.2, 0) is 25.7 Å². The Morgan fingerprint density at radius 2 is 1.62 bits per heavy atom. The molecular formula is C33H49N7O8. The molecule has 48 heavy (non-hydrogen) atoms. The average molecular weight is 672 g/mol. The van der Waals surface area contributed by atoms with E-state index >= 15 is 0 Å². The largest absolute Gasteiger partial charge is 0.394 e. The van der Waals surface area contributed by atoms with E-state index in [9.17, 15) is 30.0 Å². The monoisotopic (exact) mass is 671 g/mol. The first-order valence-electron chi connectivity index (χ1n) is 16.8. The molecule has 0 spiro atoms. The van der Waals surface area contributed by atoms with Crippen molar-refractivity contribution in [3.8, 4) is 0 Å². The number of imidazole rings is 1. The number of carbonyl (C=O) groups is 2. The summed E-state index contributed by atoms with van der Waals surface area (Å²) in [5, 5.41) is 49.6. The zero-order valence-electron chi connectivity index (χ0n) is 27.2. The number of anilines is 1. The number of aromatic nitrogens is 4. The van der Waals surface area contributed by atoms with Crippen molar-refractivity contribution in [2.75, 3.05) is 25.1 Å². The second-order valence-corrected chi connectivity index (χ2v) is 12.1. The number of amides is 2. The third-order valence-electron chi connectivity index (χ3n) is 8.33. The van der Waals surface area contributed by atoms with Crippen LogP contribution in [0.2, 0.25) is 0 Å². The van der Waals surface area contributed by atoms with E-state index in [1.165, 1.54) is 37.5 Å². The van der Waals surface area contributed by atoms with Crippen LogP contribution in [0.3, 0.4) is 0 Å². The van der Waals surface area contributed by atoms with Crippen LogP contribution in [0.1, 0.15) is 69.8 Å². The quantitative estimate of drug-likeness (QED) is 0.0750. The number of carbonyl (C=O) groups excluding carboxylic acids is 2. The Kier molecular flexibility index (Phi) is 15.4. The number of aliphatic hydroxyl groups is 4. The molecule has 1 aliphatic heterocycles. The second-order valence-electron chi connectivity index (χ2n) is 12.1. The minimum atomic E-state index is -1.60. The van der Waals surface area contributed by atoms with Gasteiger partial charge in [-0.3, -0.25) is 9.59 Å². The van der Waals surface area contributed by atoms with Crippen molar-refractivity contribution < 1.29 is 39.5 Å². The van der Waals surface area contributed by atoms with Crippen LogP contribution in [0.25, 0.3) is 11.2 Å². The van der Waals surface area contributed by atoms with E-state index in [-0.39, 0.29) is 24.7 Å². The van der Waals surface area contributed by atoms with Crippen molar-refractivity contribution in [1.82, 2.24) is 30.6 Å². The highest BCUT2D eigenvalue weighted by Crippen LogP contribution is 2.26. The van der Waals surface area contributed by atoms with E-state index in [1.54, 1.807) is 0 Å². The zero-order chi connectivity index (χ0) is 34.1. The van der Waals surface area contributed by atoms with E-state index in [0.717, 1.165) is 38.7 Å². The predicted molar refractivity (Wildman–Crippen MR) is 176 cm³/mol. The number of aromatic amines is 1. The highest BCUT2D eigenvalue weighted by molar-refractivity contribution is 5.85. The molecule has 0 aliphatic carbocycles. The lowest BCUT2D eigenvalue weighted by atomic mass is 9.92. The van der Waals surface area contributed by atoms with Gasteiger partial charge in [0.15, 0.2) is 17.7 Å². The summed E-state index contributed by atoms with van der Waals surface area (Å²) in [6.07, 6.45) is 5.31. The molecule has 1 saturated heterocycles. The van der Waals surface area contributed by atoms with Crippen LogP contribution < -0.4 is 16.0 Å². The maximum atomic E-state index is 12.7. The van der Waals surface area contributed by atoms with Crippen molar-refractivity contribution >= 4 is 28.8 Å². The Balaban J connectivity index is 1.07. The number of hydrogen-bond acceptors (Lipinski definition) is 12. The van der Waals surface area contributed by atoms with Crippen LogP contribution in [-0.4, -0.2) is 109 Å². The molecule has 8 N–H and O–H groups in total. The van der Waals surface area contributed by atoms with E-state index < -0.39 is 49.2 Å². The number of unbranched alkanes of at least 4 members (excludes halogenated alkanes) is 8. The number of nitrogens with one attached hydrogen (secondary N) is 4. The van der Waals surface area contributed by atoms with Gasteiger partial charge >= 0.3 is 0 Å². The normalized spacial score (nSPS) is 21.5. The summed E-state index contributed by atoms with van der Waals surface area (Å²) < 4.78 is 11.5. The first-order valence-corrected chi connectivity index (χ1v) is 16.8. The lowest BCUT2D eigenvalue weighted by molar-refractivity contribution is -0.204. The maximum Gasteiger partial charge on any atom is 0.239 e. The summed E-state index contributed by atoms with van der Waals surface area (Å²) >= 11 is 0.